The lowest BCUT2D eigenvalue weighted by Gasteiger charge is -2.01. The molecule has 4 heterocycles. The second-order valence-corrected chi connectivity index (χ2v) is 6.93. The Morgan fingerprint density at radius 2 is 2.00 bits per heavy atom. The number of anilines is 1. The number of hydrogen-bond acceptors (Lipinski definition) is 8. The molecule has 12 heteroatoms. The van der Waals surface area contributed by atoms with Crippen molar-refractivity contribution in [1.29, 1.82) is 0 Å². The van der Waals surface area contributed by atoms with Crippen LogP contribution in [0, 0.1) is 0 Å². The minimum absolute atomic E-state index is 0.00566. The maximum atomic E-state index is 12.6. The molecule has 0 saturated heterocycles. The van der Waals surface area contributed by atoms with Crippen LogP contribution in [0.4, 0.5) is 14.7 Å². The van der Waals surface area contributed by atoms with Crippen molar-refractivity contribution in [3.63, 3.8) is 0 Å². The number of hydrogen-bond donors (Lipinski definition) is 2. The molecule has 0 atom stereocenters. The van der Waals surface area contributed by atoms with E-state index in [2.05, 4.69) is 40.8 Å². The first-order chi connectivity index (χ1) is 15.6. The molecule has 0 aliphatic heterocycles. The molecule has 0 unspecified atom stereocenters. The largest absolute Gasteiger partial charge is 0.415 e. The van der Waals surface area contributed by atoms with Gasteiger partial charge < -0.3 is 14.7 Å². The predicted molar refractivity (Wildman–Crippen MR) is 111 cm³/mol. The van der Waals surface area contributed by atoms with Crippen LogP contribution in [0.25, 0.3) is 33.7 Å². The monoisotopic (exact) mass is 437 g/mol. The van der Waals surface area contributed by atoms with Crippen LogP contribution < -0.4 is 5.32 Å². The zero-order chi connectivity index (χ0) is 22.1. The predicted octanol–water partition coefficient (Wildman–Crippen LogP) is 3.68. The van der Waals surface area contributed by atoms with Crippen LogP contribution in [0.3, 0.4) is 0 Å². The Labute approximate surface area is 179 Å². The number of aromatic nitrogens is 8. The van der Waals surface area contributed by atoms with Gasteiger partial charge in [-0.15, -0.1) is 15.3 Å². The Balaban J connectivity index is 1.31. The third-order valence-corrected chi connectivity index (χ3v) is 4.68. The van der Waals surface area contributed by atoms with E-state index in [1.165, 1.54) is 6.20 Å². The van der Waals surface area contributed by atoms with Gasteiger partial charge >= 0.3 is 6.43 Å². The van der Waals surface area contributed by atoms with Gasteiger partial charge in [0.2, 0.25) is 11.8 Å². The minimum Gasteiger partial charge on any atom is -0.415 e. The van der Waals surface area contributed by atoms with Crippen molar-refractivity contribution < 1.29 is 13.2 Å². The Kier molecular flexibility index (Phi) is 5.01. The zero-order valence-corrected chi connectivity index (χ0v) is 16.8. The lowest BCUT2D eigenvalue weighted by Crippen LogP contribution is -2.02. The van der Waals surface area contributed by atoms with Gasteiger partial charge in [0.15, 0.2) is 0 Å². The van der Waals surface area contributed by atoms with Crippen LogP contribution in [0.15, 0.2) is 47.1 Å². The quantitative estimate of drug-likeness (QED) is 0.395. The fraction of sp³-hybridized carbons (Fsp3) is 0.200. The molecular weight excluding hydrogens is 420 g/mol. The summed E-state index contributed by atoms with van der Waals surface area (Å²) in [5.74, 6) is 0.00283. The Hall–Kier alpha value is -4.22. The SMILES string of the molecule is CCNc1nc2ccc(-c3cn(Cc4ccc(-c5nnc(C(F)F)o5)cn4)nn3)cc2[nH]1. The van der Waals surface area contributed by atoms with Crippen LogP contribution in [-0.2, 0) is 6.54 Å². The van der Waals surface area contributed by atoms with E-state index < -0.39 is 12.3 Å². The van der Waals surface area contributed by atoms with Gasteiger partial charge in [0.25, 0.3) is 5.89 Å². The summed E-state index contributed by atoms with van der Waals surface area (Å²) in [6.07, 6.45) is 0.504. The van der Waals surface area contributed by atoms with Crippen molar-refractivity contribution in [2.45, 2.75) is 19.9 Å². The van der Waals surface area contributed by atoms with Gasteiger partial charge in [-0.2, -0.15) is 8.78 Å². The van der Waals surface area contributed by atoms with Crippen LogP contribution >= 0.6 is 0 Å². The van der Waals surface area contributed by atoms with Gasteiger partial charge in [-0.1, -0.05) is 11.3 Å². The first kappa shape index (κ1) is 19.7. The molecule has 1 aromatic carbocycles. The van der Waals surface area contributed by atoms with E-state index in [4.69, 9.17) is 4.42 Å². The lowest BCUT2D eigenvalue weighted by atomic mass is 10.1. The standard InChI is InChI=1S/C20H17F2N9O/c1-2-23-20-25-14-6-4-11(7-15(14)26-20)16-10-31(30-27-16)9-13-5-3-12(8-24-13)18-28-29-19(32-18)17(21)22/h3-8,10,17H,2,9H2,1H3,(H2,23,25,26). The molecule has 10 nitrogen and oxygen atoms in total. The molecular formula is C20H17F2N9O. The van der Waals surface area contributed by atoms with E-state index in [1.54, 1.807) is 16.8 Å². The summed E-state index contributed by atoms with van der Waals surface area (Å²) >= 11 is 0. The maximum Gasteiger partial charge on any atom is 0.314 e. The van der Waals surface area contributed by atoms with Crippen molar-refractivity contribution in [2.24, 2.45) is 0 Å². The van der Waals surface area contributed by atoms with Crippen molar-refractivity contribution in [1.82, 2.24) is 40.1 Å². The number of pyridine rings is 1. The number of aromatic amines is 1. The second-order valence-electron chi connectivity index (χ2n) is 6.93. The highest BCUT2D eigenvalue weighted by Gasteiger charge is 2.17. The number of imidazole rings is 1. The van der Waals surface area contributed by atoms with E-state index in [-0.39, 0.29) is 5.89 Å². The van der Waals surface area contributed by atoms with E-state index in [1.807, 2.05) is 31.3 Å². The van der Waals surface area contributed by atoms with Crippen LogP contribution in [0.5, 0.6) is 0 Å². The molecule has 32 heavy (non-hydrogen) atoms. The van der Waals surface area contributed by atoms with Crippen LogP contribution in [0.1, 0.15) is 24.9 Å². The zero-order valence-electron chi connectivity index (χ0n) is 16.8. The van der Waals surface area contributed by atoms with E-state index >= 15 is 0 Å². The number of halogens is 2. The van der Waals surface area contributed by atoms with E-state index in [9.17, 15) is 8.78 Å². The summed E-state index contributed by atoms with van der Waals surface area (Å²) in [4.78, 5) is 12.0. The summed E-state index contributed by atoms with van der Waals surface area (Å²) in [7, 11) is 0. The lowest BCUT2D eigenvalue weighted by molar-refractivity contribution is 0.116. The average molecular weight is 437 g/mol. The number of rotatable bonds is 7. The number of alkyl halides is 2. The smallest absolute Gasteiger partial charge is 0.314 e. The van der Waals surface area contributed by atoms with Gasteiger partial charge in [-0.25, -0.2) is 9.67 Å². The fourth-order valence-corrected chi connectivity index (χ4v) is 3.18. The average Bonchev–Trinajstić information content (AvgIpc) is 3.53. The Morgan fingerprint density at radius 1 is 1.12 bits per heavy atom. The van der Waals surface area contributed by atoms with Gasteiger partial charge in [-0.3, -0.25) is 4.98 Å². The number of H-pyrrole nitrogens is 1. The highest BCUT2D eigenvalue weighted by atomic mass is 19.3. The summed E-state index contributed by atoms with van der Waals surface area (Å²) in [5, 5.41) is 18.5. The van der Waals surface area contributed by atoms with Gasteiger partial charge in [0.1, 0.15) is 5.69 Å². The van der Waals surface area contributed by atoms with Gasteiger partial charge in [-0.05, 0) is 31.2 Å². The van der Waals surface area contributed by atoms with Gasteiger partial charge in [0, 0.05) is 18.3 Å². The molecule has 0 radical (unpaired) electrons. The molecule has 0 spiro atoms. The summed E-state index contributed by atoms with van der Waals surface area (Å²) < 4.78 is 31.8. The van der Waals surface area contributed by atoms with Crippen molar-refractivity contribution in [3.05, 3.63) is 54.3 Å². The van der Waals surface area contributed by atoms with Crippen molar-refractivity contribution in [2.75, 3.05) is 11.9 Å². The number of fused-ring (bicyclic) bond motifs is 1. The first-order valence-electron chi connectivity index (χ1n) is 9.80. The third kappa shape index (κ3) is 3.89. The maximum absolute atomic E-state index is 12.6. The Bertz CT molecular complexity index is 1360. The number of benzene rings is 1. The topological polar surface area (TPSA) is 123 Å². The summed E-state index contributed by atoms with van der Waals surface area (Å²) in [6.45, 7) is 3.17. The molecule has 2 N–H and O–H groups in total. The van der Waals surface area contributed by atoms with Crippen LogP contribution in [0.2, 0.25) is 0 Å². The molecule has 162 valence electrons. The summed E-state index contributed by atoms with van der Waals surface area (Å²) in [5.41, 5.74) is 4.55. The molecule has 5 rings (SSSR count). The molecule has 0 saturated carbocycles. The minimum atomic E-state index is -2.81. The van der Waals surface area contributed by atoms with E-state index in [0.717, 1.165) is 29.1 Å². The highest BCUT2D eigenvalue weighted by molar-refractivity contribution is 5.82. The van der Waals surface area contributed by atoms with Crippen molar-refractivity contribution in [3.8, 4) is 22.7 Å². The molecule has 0 fully saturated rings. The van der Waals surface area contributed by atoms with Gasteiger partial charge in [0.05, 0.1) is 35.0 Å². The molecule has 0 amide bonds. The Morgan fingerprint density at radius 3 is 2.75 bits per heavy atom. The van der Waals surface area contributed by atoms with Crippen molar-refractivity contribution >= 4 is 17.0 Å². The van der Waals surface area contributed by atoms with E-state index in [0.29, 0.717) is 23.5 Å². The first-order valence-corrected chi connectivity index (χ1v) is 9.80. The molecule has 0 aliphatic rings. The molecule has 0 bridgehead atoms. The summed E-state index contributed by atoms with van der Waals surface area (Å²) in [6, 6.07) is 9.26. The fourth-order valence-electron chi connectivity index (χ4n) is 3.18. The highest BCUT2D eigenvalue weighted by Crippen LogP contribution is 2.24. The molecule has 5 aromatic rings. The normalized spacial score (nSPS) is 11.5. The third-order valence-electron chi connectivity index (χ3n) is 4.68. The van der Waals surface area contributed by atoms with Crippen LogP contribution in [-0.4, -0.2) is 46.7 Å². The number of nitrogens with zero attached hydrogens (tertiary/aromatic N) is 7. The molecule has 0 aliphatic carbocycles. The molecule has 4 aromatic heterocycles. The second kappa shape index (κ2) is 8.13. The number of nitrogens with one attached hydrogen (secondary N) is 2.